The van der Waals surface area contributed by atoms with Crippen molar-refractivity contribution in [2.45, 2.75) is 12.8 Å². The summed E-state index contributed by atoms with van der Waals surface area (Å²) < 4.78 is 4.67. The lowest BCUT2D eigenvalue weighted by Gasteiger charge is -1.98. The topological polar surface area (TPSA) is 134 Å². The van der Waals surface area contributed by atoms with Gasteiger partial charge in [-0.2, -0.15) is 0 Å². The summed E-state index contributed by atoms with van der Waals surface area (Å²) in [5.74, 6) is -1.65. The van der Waals surface area contributed by atoms with Crippen molar-refractivity contribution >= 4 is 11.9 Å². The molecule has 0 aromatic rings. The lowest BCUT2D eigenvalue weighted by atomic mass is 10.3. The molecule has 0 aliphatic heterocycles. The third kappa shape index (κ3) is 26.4. The average Bonchev–Trinajstić information content (AvgIpc) is 2.35. The van der Waals surface area contributed by atoms with Gasteiger partial charge in [-0.1, -0.05) is 0 Å². The highest BCUT2D eigenvalue weighted by Gasteiger charge is 1.93. The van der Waals surface area contributed by atoms with Gasteiger partial charge in [-0.25, -0.2) is 0 Å². The van der Waals surface area contributed by atoms with Gasteiger partial charge in [0.05, 0.1) is 19.7 Å². The number of hydrogen-bond acceptors (Lipinski definition) is 6. The fraction of sp³-hybridized carbons (Fsp3) is 0.818. The van der Waals surface area contributed by atoms with E-state index in [4.69, 9.17) is 15.9 Å². The maximum Gasteiger partial charge on any atom is 0.317 e. The third-order valence-corrected chi connectivity index (χ3v) is 1.84. The summed E-state index contributed by atoms with van der Waals surface area (Å²) in [6.45, 7) is 2.60. The van der Waals surface area contributed by atoms with Crippen LogP contribution in [0.15, 0.2) is 0 Å². The van der Waals surface area contributed by atoms with Gasteiger partial charge in [0.2, 0.25) is 0 Å². The first-order chi connectivity index (χ1) is 9.04. The molecule has 0 unspecified atom stereocenters. The van der Waals surface area contributed by atoms with E-state index in [1.165, 1.54) is 0 Å². The number of rotatable bonds is 11. The molecule has 8 nitrogen and oxygen atoms in total. The Balaban J connectivity index is 0. The fourth-order valence-corrected chi connectivity index (χ4v) is 0.959. The van der Waals surface area contributed by atoms with E-state index in [9.17, 15) is 9.59 Å². The van der Waals surface area contributed by atoms with Crippen LogP contribution in [-0.2, 0) is 14.3 Å². The largest absolute Gasteiger partial charge is 0.480 e. The van der Waals surface area contributed by atoms with Gasteiger partial charge in [-0.3, -0.25) is 9.59 Å². The molecule has 6 N–H and O–H groups in total. The number of methoxy groups -OCH3 is 1. The minimum Gasteiger partial charge on any atom is -0.480 e. The smallest absolute Gasteiger partial charge is 0.317 e. The van der Waals surface area contributed by atoms with E-state index in [1.807, 2.05) is 0 Å². The molecule has 0 heterocycles. The molecule has 0 atom stereocenters. The quantitative estimate of drug-likeness (QED) is 0.295. The first-order valence-corrected chi connectivity index (χ1v) is 6.08. The van der Waals surface area contributed by atoms with Crippen LogP contribution in [0.2, 0.25) is 0 Å². The Hall–Kier alpha value is -1.22. The van der Waals surface area contributed by atoms with Crippen LogP contribution in [0, 0.1) is 0 Å². The summed E-state index contributed by atoms with van der Waals surface area (Å²) in [5.41, 5.74) is 5.23. The first kappa shape index (κ1) is 20.1. The van der Waals surface area contributed by atoms with Gasteiger partial charge in [-0.05, 0) is 25.9 Å². The number of nitrogens with one attached hydrogen (secondary N) is 2. The van der Waals surface area contributed by atoms with Crippen molar-refractivity contribution in [2.75, 3.05) is 46.4 Å². The van der Waals surface area contributed by atoms with E-state index >= 15 is 0 Å². The van der Waals surface area contributed by atoms with Gasteiger partial charge in [0.25, 0.3) is 0 Å². The zero-order chi connectivity index (χ0) is 14.9. The van der Waals surface area contributed by atoms with Crippen LogP contribution in [0.25, 0.3) is 0 Å². The van der Waals surface area contributed by atoms with Crippen LogP contribution < -0.4 is 16.4 Å². The third-order valence-electron chi connectivity index (χ3n) is 1.84. The molecular formula is C11H25N3O5. The van der Waals surface area contributed by atoms with Crippen LogP contribution in [0.3, 0.4) is 0 Å². The maximum absolute atomic E-state index is 9.94. The monoisotopic (exact) mass is 279 g/mol. The second-order valence-corrected chi connectivity index (χ2v) is 3.63. The first-order valence-electron chi connectivity index (χ1n) is 6.08. The fourth-order valence-electron chi connectivity index (χ4n) is 0.959. The molecule has 19 heavy (non-hydrogen) atoms. The van der Waals surface area contributed by atoms with Crippen LogP contribution in [0.1, 0.15) is 12.8 Å². The molecular weight excluding hydrogens is 254 g/mol. The van der Waals surface area contributed by atoms with E-state index < -0.39 is 11.9 Å². The number of carbonyl (C=O) groups is 2. The highest BCUT2D eigenvalue weighted by atomic mass is 16.5. The van der Waals surface area contributed by atoms with Gasteiger partial charge in [0.15, 0.2) is 0 Å². The predicted molar refractivity (Wildman–Crippen MR) is 71.2 cm³/mol. The lowest BCUT2D eigenvalue weighted by molar-refractivity contribution is -0.137. The lowest BCUT2D eigenvalue weighted by Crippen LogP contribution is -2.25. The molecule has 0 bridgehead atoms. The maximum atomic E-state index is 9.94. The molecule has 0 rings (SSSR count). The molecule has 0 fully saturated rings. The zero-order valence-corrected chi connectivity index (χ0v) is 11.4. The van der Waals surface area contributed by atoms with Crippen molar-refractivity contribution in [1.29, 1.82) is 0 Å². The molecule has 0 aliphatic rings. The molecule has 0 amide bonds. The average molecular weight is 279 g/mol. The van der Waals surface area contributed by atoms with Gasteiger partial charge in [-0.15, -0.1) is 0 Å². The standard InChI is InChI=1S/C6H14N2O2.C5H11NO3/c7-3-1-2-4-8-5-6(9)10;1-9-3-2-6-4-5(7)8/h8H,1-5,7H2,(H,9,10);6H,2-4H2,1H3,(H,7,8). The van der Waals surface area contributed by atoms with Gasteiger partial charge >= 0.3 is 11.9 Å². The molecule has 0 saturated heterocycles. The number of aliphatic carboxylic acids is 2. The Bertz CT molecular complexity index is 226. The zero-order valence-electron chi connectivity index (χ0n) is 11.4. The molecule has 0 aromatic heterocycles. The molecule has 0 aliphatic carbocycles. The van der Waals surface area contributed by atoms with Crippen molar-refractivity contribution in [2.24, 2.45) is 5.73 Å². The Morgan fingerprint density at radius 1 is 1.05 bits per heavy atom. The summed E-state index contributed by atoms with van der Waals surface area (Å²) in [7, 11) is 1.57. The predicted octanol–water partition coefficient (Wildman–Crippen LogP) is -1.29. The van der Waals surface area contributed by atoms with Gasteiger partial charge < -0.3 is 31.3 Å². The Labute approximate surface area is 113 Å². The van der Waals surface area contributed by atoms with E-state index in [-0.39, 0.29) is 13.1 Å². The van der Waals surface area contributed by atoms with Gasteiger partial charge in [0.1, 0.15) is 0 Å². The molecule has 0 spiro atoms. The highest BCUT2D eigenvalue weighted by Crippen LogP contribution is 1.80. The molecule has 0 radical (unpaired) electrons. The van der Waals surface area contributed by atoms with Gasteiger partial charge in [0, 0.05) is 13.7 Å². The summed E-state index contributed by atoms with van der Waals surface area (Å²) in [6, 6.07) is 0. The minimum atomic E-state index is -0.842. The van der Waals surface area contributed by atoms with Crippen LogP contribution in [0.5, 0.6) is 0 Å². The van der Waals surface area contributed by atoms with Crippen molar-refractivity contribution in [1.82, 2.24) is 10.6 Å². The Kier molecular flexibility index (Phi) is 17.8. The van der Waals surface area contributed by atoms with Crippen LogP contribution in [0.4, 0.5) is 0 Å². The Morgan fingerprint density at radius 2 is 1.58 bits per heavy atom. The summed E-state index contributed by atoms with van der Waals surface area (Å²) in [4.78, 5) is 19.8. The van der Waals surface area contributed by atoms with Crippen molar-refractivity contribution < 1.29 is 24.5 Å². The van der Waals surface area contributed by atoms with Crippen molar-refractivity contribution in [3.05, 3.63) is 0 Å². The van der Waals surface area contributed by atoms with Crippen molar-refractivity contribution in [3.8, 4) is 0 Å². The summed E-state index contributed by atoms with van der Waals surface area (Å²) in [6.07, 6.45) is 1.90. The second-order valence-electron chi connectivity index (χ2n) is 3.63. The number of nitrogens with two attached hydrogens (primary N) is 1. The van der Waals surface area contributed by atoms with Crippen LogP contribution in [-0.4, -0.2) is 68.6 Å². The highest BCUT2D eigenvalue weighted by molar-refractivity contribution is 5.69. The van der Waals surface area contributed by atoms with Crippen molar-refractivity contribution in [3.63, 3.8) is 0 Å². The van der Waals surface area contributed by atoms with E-state index in [0.29, 0.717) is 19.7 Å². The molecule has 8 heteroatoms. The van der Waals surface area contributed by atoms with E-state index in [1.54, 1.807) is 7.11 Å². The summed E-state index contributed by atoms with van der Waals surface area (Å²) >= 11 is 0. The second kappa shape index (κ2) is 16.8. The van der Waals surface area contributed by atoms with Crippen LogP contribution >= 0.6 is 0 Å². The Morgan fingerprint density at radius 3 is 2.00 bits per heavy atom. The SMILES string of the molecule is COCCNCC(=O)O.NCCCCNCC(=O)O. The number of carboxylic acid groups (broad SMARTS) is 2. The molecule has 114 valence electrons. The normalized spacial score (nSPS) is 9.58. The minimum absolute atomic E-state index is 0.00333. The number of carboxylic acids is 2. The number of unbranched alkanes of at least 4 members (excludes halogenated alkanes) is 1. The molecule has 0 aromatic carbocycles. The molecule has 0 saturated carbocycles. The van der Waals surface area contributed by atoms with E-state index in [2.05, 4.69) is 15.4 Å². The number of ether oxygens (including phenoxy) is 1. The van der Waals surface area contributed by atoms with E-state index in [0.717, 1.165) is 19.4 Å². The number of hydrogen-bond donors (Lipinski definition) is 5. The summed E-state index contributed by atoms with van der Waals surface area (Å²) in [5, 5.41) is 21.7.